The van der Waals surface area contributed by atoms with Gasteiger partial charge in [0, 0.05) is 6.07 Å². The second kappa shape index (κ2) is 5.26. The molecule has 0 aliphatic heterocycles. The standard InChI is InChI=1S/C10H11NO6/c1-2-17-10(14)9(13)6-3-4-8(12)7(5-6)11(15)16/h3-5,9,12-13H,2H2,1H3. The second-order valence-corrected chi connectivity index (χ2v) is 3.16. The highest BCUT2D eigenvalue weighted by Gasteiger charge is 2.22. The predicted molar refractivity (Wildman–Crippen MR) is 56.4 cm³/mol. The van der Waals surface area contributed by atoms with Crippen LogP contribution >= 0.6 is 0 Å². The summed E-state index contributed by atoms with van der Waals surface area (Å²) < 4.78 is 4.57. The maximum Gasteiger partial charge on any atom is 0.339 e. The summed E-state index contributed by atoms with van der Waals surface area (Å²) in [6.07, 6.45) is -1.60. The Bertz CT molecular complexity index is 444. The fraction of sp³-hybridized carbons (Fsp3) is 0.300. The Kier molecular flexibility index (Phi) is 4.00. The molecule has 92 valence electrons. The van der Waals surface area contributed by atoms with Crippen molar-refractivity contribution < 1.29 is 24.7 Å². The van der Waals surface area contributed by atoms with Crippen molar-refractivity contribution in [2.75, 3.05) is 6.61 Å². The van der Waals surface area contributed by atoms with Crippen LogP contribution in [-0.2, 0) is 9.53 Å². The van der Waals surface area contributed by atoms with Crippen LogP contribution in [0.15, 0.2) is 18.2 Å². The van der Waals surface area contributed by atoms with Gasteiger partial charge in [-0.15, -0.1) is 0 Å². The summed E-state index contributed by atoms with van der Waals surface area (Å²) in [7, 11) is 0. The Morgan fingerprint density at radius 3 is 2.76 bits per heavy atom. The van der Waals surface area contributed by atoms with Crippen LogP contribution in [0.2, 0.25) is 0 Å². The lowest BCUT2D eigenvalue weighted by Gasteiger charge is -2.09. The number of ether oxygens (including phenoxy) is 1. The van der Waals surface area contributed by atoms with Gasteiger partial charge in [0.15, 0.2) is 11.9 Å². The van der Waals surface area contributed by atoms with Gasteiger partial charge in [-0.3, -0.25) is 10.1 Å². The Hall–Kier alpha value is -2.15. The number of carbonyl (C=O) groups excluding carboxylic acids is 1. The zero-order valence-corrected chi connectivity index (χ0v) is 8.99. The van der Waals surface area contributed by atoms with E-state index < -0.39 is 28.4 Å². The van der Waals surface area contributed by atoms with Crippen molar-refractivity contribution in [2.24, 2.45) is 0 Å². The number of aromatic hydroxyl groups is 1. The molecule has 0 aromatic heterocycles. The fourth-order valence-corrected chi connectivity index (χ4v) is 1.21. The first-order valence-corrected chi connectivity index (χ1v) is 4.79. The van der Waals surface area contributed by atoms with Gasteiger partial charge >= 0.3 is 11.7 Å². The maximum absolute atomic E-state index is 11.2. The van der Waals surface area contributed by atoms with Gasteiger partial charge in [0.05, 0.1) is 11.5 Å². The second-order valence-electron chi connectivity index (χ2n) is 3.16. The number of carbonyl (C=O) groups is 1. The van der Waals surface area contributed by atoms with E-state index in [0.717, 1.165) is 12.1 Å². The summed E-state index contributed by atoms with van der Waals surface area (Å²) >= 11 is 0. The van der Waals surface area contributed by atoms with Gasteiger partial charge in [-0.1, -0.05) is 6.07 Å². The first-order chi connectivity index (χ1) is 7.97. The number of rotatable bonds is 4. The van der Waals surface area contributed by atoms with E-state index >= 15 is 0 Å². The van der Waals surface area contributed by atoms with Gasteiger partial charge in [0.25, 0.3) is 0 Å². The molecular weight excluding hydrogens is 230 g/mol. The van der Waals surface area contributed by atoms with Crippen molar-refractivity contribution in [2.45, 2.75) is 13.0 Å². The third kappa shape index (κ3) is 2.91. The van der Waals surface area contributed by atoms with Crippen molar-refractivity contribution in [1.29, 1.82) is 0 Å². The predicted octanol–water partition coefficient (Wildman–Crippen LogP) is 0.897. The first kappa shape index (κ1) is 12.9. The third-order valence-electron chi connectivity index (χ3n) is 2.02. The van der Waals surface area contributed by atoms with E-state index in [9.17, 15) is 25.1 Å². The molecule has 7 heteroatoms. The van der Waals surface area contributed by atoms with Gasteiger partial charge in [-0.2, -0.15) is 0 Å². The average molecular weight is 241 g/mol. The lowest BCUT2D eigenvalue weighted by molar-refractivity contribution is -0.386. The Labute approximate surface area is 96.4 Å². The molecule has 17 heavy (non-hydrogen) atoms. The molecular formula is C10H11NO6. The van der Waals surface area contributed by atoms with Crippen molar-refractivity contribution in [1.82, 2.24) is 0 Å². The van der Waals surface area contributed by atoms with Crippen LogP contribution in [-0.4, -0.2) is 27.7 Å². The number of esters is 1. The molecule has 1 aromatic carbocycles. The molecule has 1 atom stereocenters. The van der Waals surface area contributed by atoms with Crippen molar-refractivity contribution >= 4 is 11.7 Å². The fourth-order valence-electron chi connectivity index (χ4n) is 1.21. The third-order valence-corrected chi connectivity index (χ3v) is 2.02. The van der Waals surface area contributed by atoms with Gasteiger partial charge in [0.2, 0.25) is 0 Å². The molecule has 1 unspecified atom stereocenters. The van der Waals surface area contributed by atoms with Gasteiger partial charge in [-0.25, -0.2) is 4.79 Å². The smallest absolute Gasteiger partial charge is 0.339 e. The van der Waals surface area contributed by atoms with Crippen molar-refractivity contribution in [3.63, 3.8) is 0 Å². The minimum atomic E-state index is -1.60. The number of nitrogens with zero attached hydrogens (tertiary/aromatic N) is 1. The number of benzene rings is 1. The Morgan fingerprint density at radius 2 is 2.24 bits per heavy atom. The molecule has 0 aliphatic rings. The molecule has 0 fully saturated rings. The minimum absolute atomic E-state index is 0.00653. The van der Waals surface area contributed by atoms with Crippen LogP contribution in [0.4, 0.5) is 5.69 Å². The number of aliphatic hydroxyl groups is 1. The Morgan fingerprint density at radius 1 is 1.59 bits per heavy atom. The number of hydrogen-bond acceptors (Lipinski definition) is 6. The maximum atomic E-state index is 11.2. The number of nitro groups is 1. The van der Waals surface area contributed by atoms with Gasteiger partial charge in [0.1, 0.15) is 0 Å². The zero-order chi connectivity index (χ0) is 13.0. The lowest BCUT2D eigenvalue weighted by atomic mass is 10.1. The van der Waals surface area contributed by atoms with Gasteiger partial charge < -0.3 is 14.9 Å². The van der Waals surface area contributed by atoms with E-state index in [0.29, 0.717) is 0 Å². The molecule has 0 bridgehead atoms. The van der Waals surface area contributed by atoms with Crippen LogP contribution in [0.3, 0.4) is 0 Å². The van der Waals surface area contributed by atoms with Crippen LogP contribution in [0.5, 0.6) is 5.75 Å². The molecule has 0 radical (unpaired) electrons. The van der Waals surface area contributed by atoms with Crippen LogP contribution in [0.1, 0.15) is 18.6 Å². The number of phenols is 1. The number of nitro benzene ring substituents is 1. The molecule has 2 N–H and O–H groups in total. The first-order valence-electron chi connectivity index (χ1n) is 4.79. The molecule has 0 saturated heterocycles. The van der Waals surface area contributed by atoms with E-state index in [1.807, 2.05) is 0 Å². The summed E-state index contributed by atoms with van der Waals surface area (Å²) in [6, 6.07) is 3.18. The van der Waals surface area contributed by atoms with E-state index in [4.69, 9.17) is 0 Å². The SMILES string of the molecule is CCOC(=O)C(O)c1ccc(O)c([N+](=O)[O-])c1. The van der Waals surface area contributed by atoms with E-state index in [1.54, 1.807) is 6.92 Å². The number of hydrogen-bond donors (Lipinski definition) is 2. The van der Waals surface area contributed by atoms with E-state index in [-0.39, 0.29) is 12.2 Å². The number of phenolic OH excluding ortho intramolecular Hbond substituents is 1. The summed E-state index contributed by atoms with van der Waals surface area (Å²) in [5.41, 5.74) is -0.584. The molecule has 0 heterocycles. The molecule has 0 amide bonds. The number of aliphatic hydroxyl groups excluding tert-OH is 1. The monoisotopic (exact) mass is 241 g/mol. The molecule has 0 spiro atoms. The quantitative estimate of drug-likeness (QED) is 0.460. The minimum Gasteiger partial charge on any atom is -0.502 e. The molecule has 1 rings (SSSR count). The van der Waals surface area contributed by atoms with Crippen molar-refractivity contribution in [3.05, 3.63) is 33.9 Å². The van der Waals surface area contributed by atoms with Crippen molar-refractivity contribution in [3.8, 4) is 5.75 Å². The van der Waals surface area contributed by atoms with E-state index in [2.05, 4.69) is 4.74 Å². The topological polar surface area (TPSA) is 110 Å². The summed E-state index contributed by atoms with van der Waals surface area (Å²) in [5, 5.41) is 29.3. The lowest BCUT2D eigenvalue weighted by Crippen LogP contribution is -2.15. The molecule has 0 aliphatic carbocycles. The molecule has 7 nitrogen and oxygen atoms in total. The molecule has 1 aromatic rings. The summed E-state index contributed by atoms with van der Waals surface area (Å²) in [4.78, 5) is 20.9. The summed E-state index contributed by atoms with van der Waals surface area (Å²) in [6.45, 7) is 1.67. The highest BCUT2D eigenvalue weighted by Crippen LogP contribution is 2.29. The van der Waals surface area contributed by atoms with E-state index in [1.165, 1.54) is 6.07 Å². The summed E-state index contributed by atoms with van der Waals surface area (Å²) in [5.74, 6) is -1.43. The normalized spacial score (nSPS) is 11.9. The average Bonchev–Trinajstić information content (AvgIpc) is 2.28. The highest BCUT2D eigenvalue weighted by atomic mass is 16.6. The zero-order valence-electron chi connectivity index (χ0n) is 8.99. The van der Waals surface area contributed by atoms with Crippen LogP contribution < -0.4 is 0 Å². The van der Waals surface area contributed by atoms with Gasteiger partial charge in [-0.05, 0) is 18.6 Å². The van der Waals surface area contributed by atoms with Crippen LogP contribution in [0, 0.1) is 10.1 Å². The molecule has 0 saturated carbocycles. The van der Waals surface area contributed by atoms with Crippen LogP contribution in [0.25, 0.3) is 0 Å². The Balaban J connectivity index is 3.03. The highest BCUT2D eigenvalue weighted by molar-refractivity contribution is 5.76. The largest absolute Gasteiger partial charge is 0.502 e.